The number of aromatic hydroxyl groups is 2. The number of nitro benzene ring substituents is 1. The third kappa shape index (κ3) is 10.2. The van der Waals surface area contributed by atoms with Crippen molar-refractivity contribution < 1.29 is 48.6 Å². The summed E-state index contributed by atoms with van der Waals surface area (Å²) in [5.74, 6) is -0.995. The molecular weight excluding hydrogens is 675 g/mol. The maximum Gasteiger partial charge on any atom is 0.343 e. The summed E-state index contributed by atoms with van der Waals surface area (Å²) in [7, 11) is 2.46. The van der Waals surface area contributed by atoms with Gasteiger partial charge < -0.3 is 29.2 Å². The van der Waals surface area contributed by atoms with E-state index in [1.54, 1.807) is 30.3 Å². The Morgan fingerprint density at radius 3 is 1.81 bits per heavy atom. The number of benzene rings is 4. The molecular formula is C32H28Cl2N2O12. The van der Waals surface area contributed by atoms with E-state index in [0.717, 1.165) is 0 Å². The second-order valence-electron chi connectivity index (χ2n) is 9.66. The van der Waals surface area contributed by atoms with Gasteiger partial charge in [0, 0.05) is 44.6 Å². The van der Waals surface area contributed by atoms with Crippen LogP contribution in [0.5, 0.6) is 23.0 Å². The lowest BCUT2D eigenvalue weighted by atomic mass is 9.97. The third-order valence-electron chi connectivity index (χ3n) is 6.53. The van der Waals surface area contributed by atoms with Gasteiger partial charge in [-0.25, -0.2) is 9.59 Å². The number of carbonyl (C=O) groups excluding carboxylic acids is 2. The Balaban J connectivity index is 0.000000284. The molecule has 16 heteroatoms. The van der Waals surface area contributed by atoms with Crippen LogP contribution in [0.15, 0.2) is 78.9 Å². The largest absolute Gasteiger partial charge is 0.507 e. The topological polar surface area (TPSA) is 198 Å². The quantitative estimate of drug-likeness (QED) is 0.0984. The Kier molecular flexibility index (Phi) is 13.3. The molecule has 0 saturated heterocycles. The van der Waals surface area contributed by atoms with Crippen molar-refractivity contribution >= 4 is 40.8 Å². The summed E-state index contributed by atoms with van der Waals surface area (Å²) in [6.45, 7) is -0.672. The fourth-order valence-corrected chi connectivity index (χ4v) is 4.61. The number of para-hydroxylation sites is 1. The summed E-state index contributed by atoms with van der Waals surface area (Å²) >= 11 is 11.9. The lowest BCUT2D eigenvalue weighted by Gasteiger charge is -2.14. The van der Waals surface area contributed by atoms with Crippen molar-refractivity contribution in [3.63, 3.8) is 0 Å². The molecule has 1 atom stereocenters. The molecule has 4 aromatic carbocycles. The highest BCUT2D eigenvalue weighted by Gasteiger charge is 2.31. The molecule has 0 fully saturated rings. The molecule has 0 spiro atoms. The highest BCUT2D eigenvalue weighted by Crippen LogP contribution is 2.37. The van der Waals surface area contributed by atoms with Crippen molar-refractivity contribution in [2.75, 3.05) is 27.4 Å². The first kappa shape index (κ1) is 36.9. The number of ether oxygens (including phenoxy) is 4. The summed E-state index contributed by atoms with van der Waals surface area (Å²) < 4.78 is 20.0. The number of methoxy groups -OCH3 is 2. The number of phenols is 2. The van der Waals surface area contributed by atoms with Crippen molar-refractivity contribution in [2.24, 2.45) is 0 Å². The van der Waals surface area contributed by atoms with Crippen LogP contribution in [0.1, 0.15) is 28.3 Å². The van der Waals surface area contributed by atoms with Crippen LogP contribution in [0.3, 0.4) is 0 Å². The lowest BCUT2D eigenvalue weighted by Crippen LogP contribution is -2.14. The van der Waals surface area contributed by atoms with E-state index in [1.807, 2.05) is 0 Å². The molecule has 1 unspecified atom stereocenters. The van der Waals surface area contributed by atoms with E-state index in [-0.39, 0.29) is 58.7 Å². The standard InChI is InChI=1S/C19H18ClNO8.C13H10ClNO4/c1-26-18(22)10-28-16-5-3-14(20)8-12(16)7-13-9-15(21(24)25)4-6-17(13)29-11-19(23)27-2;14-8-5-6-12(17)10(7-8)13(15(18)19)9-3-1-2-4-11(9)16/h3-6,8-9H,7,10-11H2,1-2H3;1-7,13,16-17H. The average molecular weight is 703 g/mol. The van der Waals surface area contributed by atoms with E-state index in [4.69, 9.17) is 32.7 Å². The fraction of sp³-hybridized carbons (Fsp3) is 0.188. The van der Waals surface area contributed by atoms with E-state index in [9.17, 15) is 40.0 Å². The maximum atomic E-state index is 11.4. The fourth-order valence-electron chi connectivity index (χ4n) is 4.24. The molecule has 0 saturated carbocycles. The molecule has 2 N–H and O–H groups in total. The summed E-state index contributed by atoms with van der Waals surface area (Å²) in [6.07, 6.45) is 0.134. The second-order valence-corrected chi connectivity index (χ2v) is 10.5. The molecule has 0 radical (unpaired) electrons. The normalized spacial score (nSPS) is 10.9. The van der Waals surface area contributed by atoms with Crippen LogP contribution in [-0.2, 0) is 25.5 Å². The Morgan fingerprint density at radius 1 is 0.729 bits per heavy atom. The Labute approximate surface area is 283 Å². The number of non-ortho nitro benzene ring substituents is 1. The SMILES string of the molecule is COC(=O)COc1ccc(Cl)cc1Cc1cc([N+](=O)[O-])ccc1OCC(=O)OC.O=[N+]([O-])C(c1ccccc1O)c1cc(Cl)ccc1O. The van der Waals surface area contributed by atoms with Gasteiger partial charge in [0.1, 0.15) is 23.0 Å². The van der Waals surface area contributed by atoms with Gasteiger partial charge in [-0.1, -0.05) is 35.3 Å². The van der Waals surface area contributed by atoms with Crippen LogP contribution >= 0.6 is 23.2 Å². The molecule has 0 aliphatic carbocycles. The van der Waals surface area contributed by atoms with E-state index >= 15 is 0 Å². The van der Waals surface area contributed by atoms with Gasteiger partial charge in [0.05, 0.1) is 30.3 Å². The van der Waals surface area contributed by atoms with Gasteiger partial charge in [-0.05, 0) is 54.6 Å². The third-order valence-corrected chi connectivity index (χ3v) is 7.00. The number of halogens is 2. The van der Waals surface area contributed by atoms with Crippen molar-refractivity contribution in [3.05, 3.63) is 131 Å². The number of carbonyl (C=O) groups is 2. The summed E-state index contributed by atoms with van der Waals surface area (Å²) in [6, 6.07) is 17.4. The first-order chi connectivity index (χ1) is 22.8. The molecule has 4 rings (SSSR count). The number of nitrogens with zero attached hydrogens (tertiary/aromatic N) is 2. The van der Waals surface area contributed by atoms with Gasteiger partial charge >= 0.3 is 11.9 Å². The lowest BCUT2D eigenvalue weighted by molar-refractivity contribution is -0.517. The molecule has 0 heterocycles. The smallest absolute Gasteiger partial charge is 0.343 e. The van der Waals surface area contributed by atoms with Gasteiger partial charge in [-0.3, -0.25) is 20.2 Å². The number of hydrogen-bond donors (Lipinski definition) is 2. The molecule has 0 bridgehead atoms. The molecule has 14 nitrogen and oxygen atoms in total. The average Bonchev–Trinajstić information content (AvgIpc) is 3.06. The predicted octanol–water partition coefficient (Wildman–Crippen LogP) is 6.06. The van der Waals surface area contributed by atoms with Gasteiger partial charge in [0.2, 0.25) is 0 Å². The predicted molar refractivity (Wildman–Crippen MR) is 172 cm³/mol. The van der Waals surface area contributed by atoms with Crippen LogP contribution in [-0.4, -0.2) is 59.4 Å². The van der Waals surface area contributed by atoms with Gasteiger partial charge in [-0.15, -0.1) is 0 Å². The molecule has 0 aromatic heterocycles. The van der Waals surface area contributed by atoms with Gasteiger partial charge in [0.15, 0.2) is 13.2 Å². The molecule has 252 valence electrons. The van der Waals surface area contributed by atoms with Crippen molar-refractivity contribution in [3.8, 4) is 23.0 Å². The highest BCUT2D eigenvalue weighted by molar-refractivity contribution is 6.31. The van der Waals surface area contributed by atoms with Crippen LogP contribution in [0, 0.1) is 20.2 Å². The van der Waals surface area contributed by atoms with Crippen LogP contribution < -0.4 is 9.47 Å². The van der Waals surface area contributed by atoms with Crippen LogP contribution in [0.2, 0.25) is 10.0 Å². The molecule has 4 aromatic rings. The first-order valence-corrected chi connectivity index (χ1v) is 14.4. The number of phenolic OH excluding ortho intramolecular Hbond substituents is 2. The minimum absolute atomic E-state index is 0.0407. The van der Waals surface area contributed by atoms with E-state index in [1.165, 1.54) is 62.8 Å². The monoisotopic (exact) mass is 702 g/mol. The zero-order valence-electron chi connectivity index (χ0n) is 25.3. The van der Waals surface area contributed by atoms with Crippen molar-refractivity contribution in [1.82, 2.24) is 0 Å². The van der Waals surface area contributed by atoms with E-state index in [2.05, 4.69) is 9.47 Å². The second kappa shape index (κ2) is 17.4. The number of hydrogen-bond acceptors (Lipinski definition) is 12. The zero-order chi connectivity index (χ0) is 35.4. The highest BCUT2D eigenvalue weighted by atomic mass is 35.5. The Hall–Kier alpha value is -5.60. The van der Waals surface area contributed by atoms with E-state index < -0.39 is 27.8 Å². The molecule has 48 heavy (non-hydrogen) atoms. The summed E-state index contributed by atoms with van der Waals surface area (Å²) in [5.41, 5.74) is 0.978. The zero-order valence-corrected chi connectivity index (χ0v) is 26.8. The Morgan fingerprint density at radius 2 is 1.25 bits per heavy atom. The minimum Gasteiger partial charge on any atom is -0.507 e. The van der Waals surface area contributed by atoms with Gasteiger partial charge in [-0.2, -0.15) is 0 Å². The van der Waals surface area contributed by atoms with Gasteiger partial charge in [0.25, 0.3) is 11.7 Å². The van der Waals surface area contributed by atoms with Crippen LogP contribution in [0.4, 0.5) is 5.69 Å². The van der Waals surface area contributed by atoms with Crippen molar-refractivity contribution in [1.29, 1.82) is 0 Å². The Bertz CT molecular complexity index is 1800. The number of rotatable bonds is 12. The number of esters is 2. The van der Waals surface area contributed by atoms with E-state index in [0.29, 0.717) is 21.9 Å². The van der Waals surface area contributed by atoms with Crippen LogP contribution in [0.25, 0.3) is 0 Å². The summed E-state index contributed by atoms with van der Waals surface area (Å²) in [5, 5.41) is 42.6. The molecule has 0 amide bonds. The minimum atomic E-state index is -1.38. The first-order valence-electron chi connectivity index (χ1n) is 13.7. The van der Waals surface area contributed by atoms with Crippen molar-refractivity contribution in [2.45, 2.75) is 12.5 Å². The molecule has 0 aliphatic heterocycles. The molecule has 0 aliphatic rings. The number of nitro groups is 2. The maximum absolute atomic E-state index is 11.4. The summed E-state index contributed by atoms with van der Waals surface area (Å²) in [4.78, 5) is 44.0.